The zero-order valence-electron chi connectivity index (χ0n) is 10.1. The molecule has 0 saturated carbocycles. The lowest BCUT2D eigenvalue weighted by atomic mass is 10.2. The van der Waals surface area contributed by atoms with Crippen molar-refractivity contribution in [2.24, 2.45) is 7.05 Å². The van der Waals surface area contributed by atoms with Crippen molar-refractivity contribution in [3.8, 4) is 0 Å². The molecule has 0 aromatic carbocycles. The summed E-state index contributed by atoms with van der Waals surface area (Å²) in [5.74, 6) is 0.994. The van der Waals surface area contributed by atoms with Crippen molar-refractivity contribution in [3.63, 3.8) is 0 Å². The average Bonchev–Trinajstić information content (AvgIpc) is 2.56. The minimum atomic E-state index is -0.150. The predicted octanol–water partition coefficient (Wildman–Crippen LogP) is 0.979. The molecule has 0 amide bonds. The average molecular weight is 244 g/mol. The van der Waals surface area contributed by atoms with Crippen LogP contribution >= 0.6 is 11.8 Å². The van der Waals surface area contributed by atoms with Gasteiger partial charge in [0, 0.05) is 18.8 Å². The van der Waals surface area contributed by atoms with E-state index in [-0.39, 0.29) is 5.69 Å². The van der Waals surface area contributed by atoms with Gasteiger partial charge >= 0.3 is 5.69 Å². The minimum absolute atomic E-state index is 0.150. The second-order valence-electron chi connectivity index (χ2n) is 3.82. The summed E-state index contributed by atoms with van der Waals surface area (Å²) in [5.41, 5.74) is -0.150. The lowest BCUT2D eigenvalue weighted by molar-refractivity contribution is 0.526. The van der Waals surface area contributed by atoms with Crippen LogP contribution in [-0.2, 0) is 7.05 Å². The third kappa shape index (κ3) is 4.02. The predicted molar refractivity (Wildman–Crippen MR) is 66.9 cm³/mol. The van der Waals surface area contributed by atoms with Crippen molar-refractivity contribution in [1.29, 1.82) is 0 Å². The molecular weight excluding hydrogens is 224 g/mol. The first-order chi connectivity index (χ1) is 7.65. The Morgan fingerprint density at radius 2 is 2.38 bits per heavy atom. The van der Waals surface area contributed by atoms with Gasteiger partial charge in [-0.05, 0) is 26.3 Å². The summed E-state index contributed by atoms with van der Waals surface area (Å²) in [6.07, 6.45) is 2.28. The maximum Gasteiger partial charge on any atom is 0.343 e. The monoisotopic (exact) mass is 244 g/mol. The van der Waals surface area contributed by atoms with Gasteiger partial charge in [-0.25, -0.2) is 9.89 Å². The molecule has 0 radical (unpaired) electrons. The normalized spacial score (nSPS) is 12.9. The molecule has 0 aliphatic heterocycles. The van der Waals surface area contributed by atoms with Crippen LogP contribution in [-0.4, -0.2) is 33.1 Å². The van der Waals surface area contributed by atoms with E-state index in [0.29, 0.717) is 6.04 Å². The highest BCUT2D eigenvalue weighted by Crippen LogP contribution is 2.14. The summed E-state index contributed by atoms with van der Waals surface area (Å²) in [6.45, 7) is 5.32. The molecule has 1 aromatic rings. The molecule has 1 aromatic heterocycles. The fourth-order valence-corrected chi connectivity index (χ4v) is 2.35. The van der Waals surface area contributed by atoms with Gasteiger partial charge in [-0.15, -0.1) is 5.10 Å². The molecule has 0 bridgehead atoms. The number of aromatic nitrogens is 3. The fourth-order valence-electron chi connectivity index (χ4n) is 1.47. The van der Waals surface area contributed by atoms with Crippen molar-refractivity contribution in [1.82, 2.24) is 20.1 Å². The standard InChI is InChI=1S/C10H20N4OS/c1-4-11-8(2)6-5-7-16-10-13-12-9(15)14(10)3/h8,11H,4-7H2,1-3H3,(H,12,15). The summed E-state index contributed by atoms with van der Waals surface area (Å²) < 4.78 is 1.54. The Labute approximate surface area is 100 Å². The van der Waals surface area contributed by atoms with Crippen molar-refractivity contribution in [2.45, 2.75) is 37.9 Å². The van der Waals surface area contributed by atoms with E-state index in [1.165, 1.54) is 0 Å². The smallest absolute Gasteiger partial charge is 0.315 e. The molecule has 92 valence electrons. The van der Waals surface area contributed by atoms with Crippen LogP contribution in [0.15, 0.2) is 9.95 Å². The van der Waals surface area contributed by atoms with Crippen LogP contribution in [0, 0.1) is 0 Å². The van der Waals surface area contributed by atoms with E-state index >= 15 is 0 Å². The molecule has 1 heterocycles. The van der Waals surface area contributed by atoms with Crippen LogP contribution in [0.4, 0.5) is 0 Å². The second kappa shape index (κ2) is 6.75. The number of rotatable bonds is 7. The van der Waals surface area contributed by atoms with E-state index < -0.39 is 0 Å². The summed E-state index contributed by atoms with van der Waals surface area (Å²) >= 11 is 1.62. The van der Waals surface area contributed by atoms with E-state index in [2.05, 4.69) is 29.4 Å². The van der Waals surface area contributed by atoms with E-state index in [1.54, 1.807) is 23.4 Å². The quantitative estimate of drug-likeness (QED) is 0.554. The highest BCUT2D eigenvalue weighted by Gasteiger charge is 2.05. The molecule has 0 aliphatic rings. The molecule has 1 atom stereocenters. The van der Waals surface area contributed by atoms with Crippen LogP contribution in [0.1, 0.15) is 26.7 Å². The van der Waals surface area contributed by atoms with Gasteiger partial charge in [0.25, 0.3) is 0 Å². The molecule has 16 heavy (non-hydrogen) atoms. The molecule has 1 rings (SSSR count). The molecule has 1 unspecified atom stereocenters. The number of H-pyrrole nitrogens is 1. The summed E-state index contributed by atoms with van der Waals surface area (Å²) in [6, 6.07) is 0.564. The number of nitrogens with one attached hydrogen (secondary N) is 2. The first-order valence-electron chi connectivity index (χ1n) is 5.62. The zero-order chi connectivity index (χ0) is 12.0. The lowest BCUT2D eigenvalue weighted by Gasteiger charge is -2.10. The number of nitrogens with zero attached hydrogens (tertiary/aromatic N) is 2. The maximum atomic E-state index is 11.1. The van der Waals surface area contributed by atoms with Crippen molar-refractivity contribution >= 4 is 11.8 Å². The molecular formula is C10H20N4OS. The first-order valence-corrected chi connectivity index (χ1v) is 6.61. The highest BCUT2D eigenvalue weighted by atomic mass is 32.2. The number of hydrogen-bond donors (Lipinski definition) is 2. The summed E-state index contributed by atoms with van der Waals surface area (Å²) in [5, 5.41) is 10.5. The summed E-state index contributed by atoms with van der Waals surface area (Å²) in [4.78, 5) is 11.1. The Bertz CT molecular complexity index is 360. The van der Waals surface area contributed by atoms with E-state index in [1.807, 2.05) is 0 Å². The van der Waals surface area contributed by atoms with Gasteiger partial charge < -0.3 is 5.32 Å². The maximum absolute atomic E-state index is 11.1. The number of hydrogen-bond acceptors (Lipinski definition) is 4. The Hall–Kier alpha value is -0.750. The van der Waals surface area contributed by atoms with Crippen LogP contribution < -0.4 is 11.0 Å². The largest absolute Gasteiger partial charge is 0.343 e. The van der Waals surface area contributed by atoms with E-state index in [0.717, 1.165) is 30.3 Å². The molecule has 0 aliphatic carbocycles. The van der Waals surface area contributed by atoms with Crippen LogP contribution in [0.2, 0.25) is 0 Å². The minimum Gasteiger partial charge on any atom is -0.315 e. The first kappa shape index (κ1) is 13.3. The molecule has 5 nitrogen and oxygen atoms in total. The van der Waals surface area contributed by atoms with Gasteiger partial charge in [0.1, 0.15) is 0 Å². The Kier molecular flexibility index (Phi) is 5.62. The molecule has 0 fully saturated rings. The summed E-state index contributed by atoms with van der Waals surface area (Å²) in [7, 11) is 1.73. The van der Waals surface area contributed by atoms with Crippen LogP contribution in [0.25, 0.3) is 0 Å². The van der Waals surface area contributed by atoms with Gasteiger partial charge in [0.2, 0.25) is 0 Å². The van der Waals surface area contributed by atoms with Crippen LogP contribution in [0.5, 0.6) is 0 Å². The number of aromatic amines is 1. The molecule has 0 spiro atoms. The second-order valence-corrected chi connectivity index (χ2v) is 4.88. The Morgan fingerprint density at radius 1 is 1.62 bits per heavy atom. The zero-order valence-corrected chi connectivity index (χ0v) is 10.9. The van der Waals surface area contributed by atoms with Crippen LogP contribution in [0.3, 0.4) is 0 Å². The van der Waals surface area contributed by atoms with Gasteiger partial charge in [0.15, 0.2) is 5.16 Å². The van der Waals surface area contributed by atoms with Crippen molar-refractivity contribution < 1.29 is 0 Å². The van der Waals surface area contributed by atoms with Gasteiger partial charge in [-0.1, -0.05) is 18.7 Å². The van der Waals surface area contributed by atoms with Crippen molar-refractivity contribution in [2.75, 3.05) is 12.3 Å². The van der Waals surface area contributed by atoms with E-state index in [4.69, 9.17) is 0 Å². The number of thioether (sulfide) groups is 1. The third-order valence-corrected chi connectivity index (χ3v) is 3.52. The van der Waals surface area contributed by atoms with Gasteiger partial charge in [-0.2, -0.15) is 0 Å². The van der Waals surface area contributed by atoms with Gasteiger partial charge in [-0.3, -0.25) is 4.57 Å². The fraction of sp³-hybridized carbons (Fsp3) is 0.800. The SMILES string of the molecule is CCNC(C)CCCSc1n[nH]c(=O)n1C. The Balaban J connectivity index is 2.21. The molecule has 2 N–H and O–H groups in total. The lowest BCUT2D eigenvalue weighted by Crippen LogP contribution is -2.25. The molecule has 6 heteroatoms. The topological polar surface area (TPSA) is 62.7 Å². The third-order valence-electron chi connectivity index (χ3n) is 2.40. The Morgan fingerprint density at radius 3 is 2.94 bits per heavy atom. The van der Waals surface area contributed by atoms with Crippen molar-refractivity contribution in [3.05, 3.63) is 10.5 Å². The van der Waals surface area contributed by atoms with Gasteiger partial charge in [0.05, 0.1) is 0 Å². The highest BCUT2D eigenvalue weighted by molar-refractivity contribution is 7.99. The molecule has 0 saturated heterocycles. The van der Waals surface area contributed by atoms with E-state index in [9.17, 15) is 4.79 Å².